The summed E-state index contributed by atoms with van der Waals surface area (Å²) < 4.78 is 27.2. The Kier molecular flexibility index (Phi) is 9.30. The molecule has 0 aliphatic rings. The molecule has 1 N–H and O–H groups in total. The highest BCUT2D eigenvalue weighted by atomic mass is 32.2. The molecule has 2 amide bonds. The Balaban J connectivity index is 2.06. The Labute approximate surface area is 181 Å². The van der Waals surface area contributed by atoms with Crippen LogP contribution in [0.4, 0.5) is 8.78 Å². The fraction of sp³-hybridized carbons (Fsp3) is 0.391. The maximum absolute atomic E-state index is 14.2. The number of hydrogen-bond donors (Lipinski definition) is 1. The second-order valence-electron chi connectivity index (χ2n) is 7.55. The molecule has 2 rings (SSSR count). The van der Waals surface area contributed by atoms with E-state index in [1.807, 2.05) is 13.8 Å². The quantitative estimate of drug-likeness (QED) is 0.604. The molecular weight excluding hydrogens is 406 g/mol. The van der Waals surface area contributed by atoms with Gasteiger partial charge < -0.3 is 10.2 Å². The monoisotopic (exact) mass is 434 g/mol. The Bertz CT molecular complexity index is 843. The molecule has 1 atom stereocenters. The van der Waals surface area contributed by atoms with E-state index in [4.69, 9.17) is 0 Å². The number of nitrogens with zero attached hydrogens (tertiary/aromatic N) is 1. The smallest absolute Gasteiger partial charge is 0.242 e. The topological polar surface area (TPSA) is 49.4 Å². The van der Waals surface area contributed by atoms with Crippen molar-refractivity contribution in [1.82, 2.24) is 10.2 Å². The molecule has 0 saturated carbocycles. The van der Waals surface area contributed by atoms with Crippen LogP contribution in [-0.4, -0.2) is 35.1 Å². The molecule has 0 radical (unpaired) electrons. The third kappa shape index (κ3) is 7.44. The SMILES string of the molecule is CC(C)CNC(=O)C(C)N(Cc1ccccc1F)C(=O)CSCc1ccc(F)cc1. The van der Waals surface area contributed by atoms with Crippen LogP contribution in [-0.2, 0) is 21.9 Å². The molecule has 0 aliphatic heterocycles. The minimum atomic E-state index is -0.734. The summed E-state index contributed by atoms with van der Waals surface area (Å²) in [5.41, 5.74) is 1.26. The maximum Gasteiger partial charge on any atom is 0.242 e. The fourth-order valence-electron chi connectivity index (χ4n) is 2.76. The van der Waals surface area contributed by atoms with Crippen LogP contribution in [0, 0.1) is 17.6 Å². The molecule has 1 unspecified atom stereocenters. The van der Waals surface area contributed by atoms with E-state index in [9.17, 15) is 18.4 Å². The van der Waals surface area contributed by atoms with Crippen molar-refractivity contribution < 1.29 is 18.4 Å². The Hall–Kier alpha value is -2.41. The Morgan fingerprint density at radius 3 is 2.33 bits per heavy atom. The van der Waals surface area contributed by atoms with Gasteiger partial charge in [0.1, 0.15) is 17.7 Å². The molecule has 162 valence electrons. The zero-order chi connectivity index (χ0) is 22.1. The molecule has 30 heavy (non-hydrogen) atoms. The third-order valence-electron chi connectivity index (χ3n) is 4.56. The summed E-state index contributed by atoms with van der Waals surface area (Å²) in [5, 5.41) is 2.84. The highest BCUT2D eigenvalue weighted by molar-refractivity contribution is 7.99. The van der Waals surface area contributed by atoms with E-state index in [1.54, 1.807) is 37.3 Å². The van der Waals surface area contributed by atoms with Crippen molar-refractivity contribution in [2.45, 2.75) is 39.1 Å². The van der Waals surface area contributed by atoms with Gasteiger partial charge in [0.15, 0.2) is 0 Å². The number of carbonyl (C=O) groups excluding carboxylic acids is 2. The maximum atomic E-state index is 14.2. The zero-order valence-electron chi connectivity index (χ0n) is 17.5. The molecule has 2 aromatic rings. The standard InChI is InChI=1S/C23H28F2N2O2S/c1-16(2)12-26-23(29)17(3)27(13-19-6-4-5-7-21(19)25)22(28)15-30-14-18-8-10-20(24)11-9-18/h4-11,16-17H,12-15H2,1-3H3,(H,26,29). The van der Waals surface area contributed by atoms with Crippen LogP contribution in [0.2, 0.25) is 0 Å². The van der Waals surface area contributed by atoms with Crippen molar-refractivity contribution in [3.63, 3.8) is 0 Å². The molecule has 2 aromatic carbocycles. The Morgan fingerprint density at radius 1 is 1.03 bits per heavy atom. The summed E-state index contributed by atoms with van der Waals surface area (Å²) in [5.74, 6) is -0.292. The lowest BCUT2D eigenvalue weighted by atomic mass is 10.1. The van der Waals surface area contributed by atoms with Gasteiger partial charge in [0, 0.05) is 24.4 Å². The number of hydrogen-bond acceptors (Lipinski definition) is 3. The summed E-state index contributed by atoms with van der Waals surface area (Å²) >= 11 is 1.37. The van der Waals surface area contributed by atoms with Crippen LogP contribution in [0.25, 0.3) is 0 Å². The Morgan fingerprint density at radius 2 is 1.70 bits per heavy atom. The minimum Gasteiger partial charge on any atom is -0.354 e. The van der Waals surface area contributed by atoms with Crippen LogP contribution < -0.4 is 5.32 Å². The van der Waals surface area contributed by atoms with Gasteiger partial charge in [-0.3, -0.25) is 9.59 Å². The second kappa shape index (κ2) is 11.7. The third-order valence-corrected chi connectivity index (χ3v) is 5.55. The first-order valence-corrected chi connectivity index (χ1v) is 11.1. The molecule has 0 aliphatic carbocycles. The van der Waals surface area contributed by atoms with Gasteiger partial charge in [-0.15, -0.1) is 11.8 Å². The van der Waals surface area contributed by atoms with Crippen molar-refractivity contribution in [3.8, 4) is 0 Å². The zero-order valence-corrected chi connectivity index (χ0v) is 18.3. The van der Waals surface area contributed by atoms with Crippen LogP contribution in [0.1, 0.15) is 31.9 Å². The molecule has 0 aromatic heterocycles. The van der Waals surface area contributed by atoms with Gasteiger partial charge in [0.2, 0.25) is 11.8 Å². The van der Waals surface area contributed by atoms with E-state index in [1.165, 1.54) is 34.9 Å². The molecule has 4 nitrogen and oxygen atoms in total. The lowest BCUT2D eigenvalue weighted by molar-refractivity contribution is -0.138. The molecule has 0 spiro atoms. The first-order chi connectivity index (χ1) is 14.3. The van der Waals surface area contributed by atoms with Crippen molar-refractivity contribution in [3.05, 3.63) is 71.3 Å². The first-order valence-electron chi connectivity index (χ1n) is 9.90. The van der Waals surface area contributed by atoms with E-state index >= 15 is 0 Å². The number of amides is 2. The van der Waals surface area contributed by atoms with Gasteiger partial charge in [-0.05, 0) is 36.6 Å². The minimum absolute atomic E-state index is 0.0128. The van der Waals surface area contributed by atoms with E-state index < -0.39 is 11.9 Å². The van der Waals surface area contributed by atoms with E-state index in [2.05, 4.69) is 5.32 Å². The number of rotatable bonds is 10. The van der Waals surface area contributed by atoms with Gasteiger partial charge in [-0.1, -0.05) is 44.2 Å². The number of nitrogens with one attached hydrogen (secondary N) is 1. The summed E-state index contributed by atoms with van der Waals surface area (Å²) in [6.07, 6.45) is 0. The van der Waals surface area contributed by atoms with Crippen LogP contribution in [0.15, 0.2) is 48.5 Å². The average molecular weight is 435 g/mol. The van der Waals surface area contributed by atoms with E-state index in [0.717, 1.165) is 5.56 Å². The fourth-order valence-corrected chi connectivity index (χ4v) is 3.64. The number of benzene rings is 2. The van der Waals surface area contributed by atoms with Crippen molar-refractivity contribution >= 4 is 23.6 Å². The largest absolute Gasteiger partial charge is 0.354 e. The molecule has 0 fully saturated rings. The summed E-state index contributed by atoms with van der Waals surface area (Å²) in [7, 11) is 0. The predicted octanol–water partition coefficient (Wildman–Crippen LogP) is 4.39. The molecule has 0 heterocycles. The van der Waals surface area contributed by atoms with Crippen LogP contribution >= 0.6 is 11.8 Å². The summed E-state index contributed by atoms with van der Waals surface area (Å²) in [4.78, 5) is 26.9. The lowest BCUT2D eigenvalue weighted by Gasteiger charge is -2.29. The van der Waals surface area contributed by atoms with Crippen LogP contribution in [0.5, 0.6) is 0 Å². The van der Waals surface area contributed by atoms with Gasteiger partial charge in [-0.2, -0.15) is 0 Å². The molecule has 0 bridgehead atoms. The van der Waals surface area contributed by atoms with Crippen molar-refractivity contribution in [2.75, 3.05) is 12.3 Å². The van der Waals surface area contributed by atoms with E-state index in [-0.39, 0.29) is 35.8 Å². The van der Waals surface area contributed by atoms with Gasteiger partial charge in [-0.25, -0.2) is 8.78 Å². The first kappa shape index (κ1) is 23.9. The predicted molar refractivity (Wildman–Crippen MR) is 117 cm³/mol. The normalized spacial score (nSPS) is 11.9. The molecular formula is C23H28F2N2O2S. The van der Waals surface area contributed by atoms with Gasteiger partial charge in [0.25, 0.3) is 0 Å². The van der Waals surface area contributed by atoms with Crippen molar-refractivity contribution in [1.29, 1.82) is 0 Å². The summed E-state index contributed by atoms with van der Waals surface area (Å²) in [6.45, 7) is 6.14. The number of halogens is 2. The van der Waals surface area contributed by atoms with Crippen LogP contribution in [0.3, 0.4) is 0 Å². The average Bonchev–Trinajstić information content (AvgIpc) is 2.72. The lowest BCUT2D eigenvalue weighted by Crippen LogP contribution is -2.48. The van der Waals surface area contributed by atoms with E-state index in [0.29, 0.717) is 17.9 Å². The van der Waals surface area contributed by atoms with Gasteiger partial charge in [0.05, 0.1) is 5.75 Å². The highest BCUT2D eigenvalue weighted by Gasteiger charge is 2.26. The highest BCUT2D eigenvalue weighted by Crippen LogP contribution is 2.17. The summed E-state index contributed by atoms with van der Waals surface area (Å²) in [6, 6.07) is 11.6. The number of thioether (sulfide) groups is 1. The second-order valence-corrected chi connectivity index (χ2v) is 8.53. The number of carbonyl (C=O) groups is 2. The molecule has 7 heteroatoms. The molecule has 0 saturated heterocycles. The van der Waals surface area contributed by atoms with Crippen molar-refractivity contribution in [2.24, 2.45) is 5.92 Å². The van der Waals surface area contributed by atoms with Gasteiger partial charge >= 0.3 is 0 Å².